The van der Waals surface area contributed by atoms with E-state index < -0.39 is 183 Å². The molecule has 0 amide bonds. The third kappa shape index (κ3) is 5.74. The Balaban J connectivity index is 1.27. The molecule has 0 radical (unpaired) electrons. The first-order valence-corrected chi connectivity index (χ1v) is 16.2. The molecule has 0 spiro atoms. The van der Waals surface area contributed by atoms with Gasteiger partial charge < -0.3 is 9.32 Å². The van der Waals surface area contributed by atoms with Crippen LogP contribution in [0.3, 0.4) is 0 Å². The molecule has 0 aliphatic carbocycles. The number of anilines is 3. The van der Waals surface area contributed by atoms with E-state index in [-0.39, 0.29) is 33.8 Å². The van der Waals surface area contributed by atoms with Crippen LogP contribution < -0.4 is 4.90 Å². The van der Waals surface area contributed by atoms with Crippen LogP contribution in [0, 0.1) is 0 Å². The second-order valence-electron chi connectivity index (χ2n) is 11.6. The van der Waals surface area contributed by atoms with Gasteiger partial charge in [0.15, 0.2) is 17.5 Å². The largest absolute Gasteiger partial charge is 0.456 e. The van der Waals surface area contributed by atoms with Gasteiger partial charge >= 0.3 is 0 Å². The summed E-state index contributed by atoms with van der Waals surface area (Å²) < 4.78 is 203. The first-order valence-electron chi connectivity index (χ1n) is 27.2. The molecule has 0 bridgehead atoms. The minimum atomic E-state index is -1.09. The summed E-state index contributed by atoms with van der Waals surface area (Å²) in [5, 5.41) is -1.96. The lowest BCUT2D eigenvalue weighted by Crippen LogP contribution is -2.09. The highest BCUT2D eigenvalue weighted by Crippen LogP contribution is 2.40. The average Bonchev–Trinajstić information content (AvgIpc) is 3.84. The molecule has 54 heavy (non-hydrogen) atoms. The van der Waals surface area contributed by atoms with Gasteiger partial charge in [0.1, 0.15) is 11.2 Å². The van der Waals surface area contributed by atoms with Crippen molar-refractivity contribution in [2.24, 2.45) is 0 Å². The Bertz CT molecular complexity index is 4030. The fraction of sp³-hybridized carbons (Fsp3) is 0. The number of aromatic nitrogens is 3. The molecule has 8 aromatic carbocycles. The minimum absolute atomic E-state index is 0.152. The van der Waals surface area contributed by atoms with E-state index in [0.717, 1.165) is 0 Å². The Morgan fingerprint density at radius 1 is 0.426 bits per heavy atom. The Morgan fingerprint density at radius 2 is 1.00 bits per heavy atom. The van der Waals surface area contributed by atoms with E-state index in [1.165, 1.54) is 0 Å². The number of para-hydroxylation sites is 2. The van der Waals surface area contributed by atoms with Crippen LogP contribution in [-0.2, 0) is 0 Å². The summed E-state index contributed by atoms with van der Waals surface area (Å²) in [5.41, 5.74) is -4.22. The van der Waals surface area contributed by atoms with Gasteiger partial charge in [0.05, 0.1) is 30.2 Å². The second-order valence-corrected chi connectivity index (χ2v) is 11.6. The van der Waals surface area contributed by atoms with Crippen molar-refractivity contribution in [3.8, 4) is 45.3 Å². The summed E-state index contributed by atoms with van der Waals surface area (Å²) in [5.74, 6) is 0.116. The van der Waals surface area contributed by atoms with Crippen molar-refractivity contribution in [2.75, 3.05) is 4.90 Å². The molecule has 10 aromatic rings. The molecule has 2 aromatic heterocycles. The molecule has 0 aliphatic heterocycles. The lowest BCUT2D eigenvalue weighted by Gasteiger charge is -2.25. The number of hydrogen-bond donors (Lipinski definition) is 0. The van der Waals surface area contributed by atoms with Crippen LogP contribution in [0.1, 0.15) is 30.2 Å². The van der Waals surface area contributed by atoms with E-state index >= 15 is 0 Å². The van der Waals surface area contributed by atoms with E-state index in [1.807, 2.05) is 0 Å². The number of rotatable bonds is 7. The van der Waals surface area contributed by atoms with Gasteiger partial charge in [-0.05, 0) is 82.3 Å². The molecular formula is C49H32N4O. The summed E-state index contributed by atoms with van der Waals surface area (Å²) in [6.07, 6.45) is 0. The number of fused-ring (bicyclic) bond motifs is 4. The smallest absolute Gasteiger partial charge is 0.164 e. The number of nitrogens with zero attached hydrogens (tertiary/aromatic N) is 4. The van der Waals surface area contributed by atoms with Crippen molar-refractivity contribution >= 4 is 49.8 Å². The fourth-order valence-corrected chi connectivity index (χ4v) is 5.81. The van der Waals surface area contributed by atoms with Gasteiger partial charge in [-0.2, -0.15) is 0 Å². The quantitative estimate of drug-likeness (QED) is 0.164. The second kappa shape index (κ2) is 13.3. The van der Waals surface area contributed by atoms with Crippen molar-refractivity contribution in [3.05, 3.63) is 194 Å². The number of benzene rings is 8. The van der Waals surface area contributed by atoms with Crippen LogP contribution in [0.4, 0.5) is 17.1 Å². The van der Waals surface area contributed by atoms with E-state index in [4.69, 9.17) is 30.8 Å². The van der Waals surface area contributed by atoms with Gasteiger partial charge in [-0.25, -0.2) is 15.0 Å². The van der Waals surface area contributed by atoms with Crippen molar-refractivity contribution in [3.63, 3.8) is 0 Å². The molecule has 2 heterocycles. The van der Waals surface area contributed by atoms with E-state index in [9.17, 15) is 13.7 Å². The van der Waals surface area contributed by atoms with Crippen LogP contribution >= 0.6 is 0 Å². The average molecular weight is 715 g/mol. The van der Waals surface area contributed by atoms with Gasteiger partial charge in [0.25, 0.3) is 0 Å². The molecule has 0 saturated carbocycles. The van der Waals surface area contributed by atoms with Gasteiger partial charge in [0.2, 0.25) is 0 Å². The van der Waals surface area contributed by atoms with Crippen LogP contribution in [0.2, 0.25) is 0 Å². The zero-order valence-corrected chi connectivity index (χ0v) is 27.5. The first kappa shape index (κ1) is 16.1. The lowest BCUT2D eigenvalue weighted by atomic mass is 9.98. The zero-order chi connectivity index (χ0) is 55.0. The Kier molecular flexibility index (Phi) is 3.97. The van der Waals surface area contributed by atoms with E-state index in [1.54, 1.807) is 60.7 Å². The Morgan fingerprint density at radius 3 is 1.67 bits per heavy atom. The molecule has 0 atom stereocenters. The monoisotopic (exact) mass is 714 g/mol. The Hall–Kier alpha value is -7.37. The van der Waals surface area contributed by atoms with E-state index in [2.05, 4.69) is 4.98 Å². The lowest BCUT2D eigenvalue weighted by molar-refractivity contribution is 0.669. The molecule has 254 valence electrons. The number of hydrogen-bond acceptors (Lipinski definition) is 5. The van der Waals surface area contributed by atoms with Gasteiger partial charge in [-0.15, -0.1) is 0 Å². The summed E-state index contributed by atoms with van der Waals surface area (Å²) in [4.78, 5) is 14.5. The predicted molar refractivity (Wildman–Crippen MR) is 221 cm³/mol. The molecule has 0 unspecified atom stereocenters. The molecule has 0 saturated heterocycles. The van der Waals surface area contributed by atoms with Crippen LogP contribution in [-0.4, -0.2) is 15.0 Å². The first-order chi connectivity index (χ1) is 35.9. The summed E-state index contributed by atoms with van der Waals surface area (Å²) in [6.45, 7) is 0. The molecular weight excluding hydrogens is 661 g/mol. The maximum atomic E-state index is 9.56. The Labute approximate surface area is 343 Å². The van der Waals surface area contributed by atoms with Gasteiger partial charge in [-0.3, -0.25) is 0 Å². The van der Waals surface area contributed by atoms with Crippen LogP contribution in [0.25, 0.3) is 78.0 Å². The van der Waals surface area contributed by atoms with Gasteiger partial charge in [-0.1, -0.05) is 133 Å². The van der Waals surface area contributed by atoms with Crippen molar-refractivity contribution in [1.29, 1.82) is 0 Å². The van der Waals surface area contributed by atoms with Crippen LogP contribution in [0.5, 0.6) is 0 Å². The molecule has 5 nitrogen and oxygen atoms in total. The third-order valence-electron chi connectivity index (χ3n) is 8.25. The maximum Gasteiger partial charge on any atom is 0.164 e. The predicted octanol–water partition coefficient (Wildman–Crippen LogP) is 13.1. The highest BCUT2D eigenvalue weighted by atomic mass is 16.3. The summed E-state index contributed by atoms with van der Waals surface area (Å²) in [7, 11) is 0. The van der Waals surface area contributed by atoms with Crippen molar-refractivity contribution in [1.82, 2.24) is 15.0 Å². The molecule has 0 N–H and O–H groups in total. The fourth-order valence-electron chi connectivity index (χ4n) is 5.81. The molecule has 0 aliphatic rings. The molecule has 10 rings (SSSR count). The zero-order valence-electron chi connectivity index (χ0n) is 49.5. The standard InChI is InChI=1S/C49H32N4O/c1-5-14-33(15-6-1)47-50-48(34-16-7-2-8-17-34)52-49(51-47)43-22-13-23-44-46(43)42-29-27-38(32-45(42)54-44)35-24-25-37-31-41(28-26-36(37)30-35)53(39-18-9-3-10-19-39)40-20-11-4-12-21-40/h1-32H/i3D,4D,9D,10D,11D,12D,13D,18D,19D,20D,21D,22D,23D,24D,25D,26D,27D,28D,29D,30D,31D,32D. The topological polar surface area (TPSA) is 55.1 Å². The SMILES string of the molecule is [2H]c1c([2H])c([2H])c(N(c2c([2H])c([2H])c([2H])c([2H])c2[2H])c2c([2H])c([2H])c3c([2H])c(-c4c([2H])c([2H])c5c(oc6c([2H])c([2H])c([2H])c(-c7nc(-c8ccccc8)nc(-c8ccccc8)n7)c65)c4[2H])c([2H])c([2H])c3c2[2H])c([2H])c1[2H]. The normalized spacial score (nSPS) is 17.0. The summed E-state index contributed by atoms with van der Waals surface area (Å²) in [6, 6.07) is -2.42. The minimum Gasteiger partial charge on any atom is -0.456 e. The molecule has 5 heteroatoms. The van der Waals surface area contributed by atoms with Crippen LogP contribution in [0.15, 0.2) is 198 Å². The maximum absolute atomic E-state index is 9.56. The third-order valence-corrected chi connectivity index (χ3v) is 8.25. The summed E-state index contributed by atoms with van der Waals surface area (Å²) >= 11 is 0. The highest BCUT2D eigenvalue weighted by molar-refractivity contribution is 6.12. The van der Waals surface area contributed by atoms with E-state index in [0.29, 0.717) is 16.0 Å². The molecule has 0 fully saturated rings. The van der Waals surface area contributed by atoms with Crippen molar-refractivity contribution < 1.29 is 34.6 Å². The number of furan rings is 1. The highest BCUT2D eigenvalue weighted by Gasteiger charge is 2.19. The van der Waals surface area contributed by atoms with Gasteiger partial charge in [0, 0.05) is 44.5 Å². The van der Waals surface area contributed by atoms with Crippen molar-refractivity contribution in [2.45, 2.75) is 0 Å².